The Morgan fingerprint density at radius 3 is 1.85 bits per heavy atom. The van der Waals surface area contributed by atoms with E-state index in [9.17, 15) is 34.8 Å². The number of sulfone groups is 1. The molecule has 0 unspecified atom stereocenters. The molecule has 142 valence electrons. The van der Waals surface area contributed by atoms with Gasteiger partial charge in [0.15, 0.2) is 0 Å². The van der Waals surface area contributed by atoms with Gasteiger partial charge < -0.3 is 4.74 Å². The number of halogens is 6. The Kier molecular flexibility index (Phi) is 5.81. The molecular formula is C15H10F6O3S2. The number of benzene rings is 2. The summed E-state index contributed by atoms with van der Waals surface area (Å²) in [7, 11) is -5.43. The van der Waals surface area contributed by atoms with Crippen molar-refractivity contribution < 1.29 is 39.5 Å². The molecule has 2 aromatic carbocycles. The molecule has 2 rings (SSSR count). The van der Waals surface area contributed by atoms with Crippen LogP contribution in [0.1, 0.15) is 5.56 Å². The Labute approximate surface area is 148 Å². The van der Waals surface area contributed by atoms with E-state index >= 15 is 0 Å². The van der Waals surface area contributed by atoms with Crippen LogP contribution < -0.4 is 4.74 Å². The van der Waals surface area contributed by atoms with Crippen LogP contribution in [0.15, 0.2) is 58.3 Å². The maximum Gasteiger partial charge on any atom is 0.501 e. The lowest BCUT2D eigenvalue weighted by Gasteiger charge is -2.10. The van der Waals surface area contributed by atoms with E-state index in [2.05, 4.69) is 0 Å². The van der Waals surface area contributed by atoms with Gasteiger partial charge in [0.25, 0.3) is 9.84 Å². The van der Waals surface area contributed by atoms with E-state index in [1.54, 1.807) is 0 Å². The molecule has 0 aliphatic carbocycles. The molecule has 2 aromatic rings. The molecule has 0 amide bonds. The molecular weight excluding hydrogens is 406 g/mol. The van der Waals surface area contributed by atoms with Gasteiger partial charge in [-0.05, 0) is 53.7 Å². The highest BCUT2D eigenvalue weighted by atomic mass is 32.2. The Morgan fingerprint density at radius 2 is 1.38 bits per heavy atom. The molecule has 0 saturated heterocycles. The van der Waals surface area contributed by atoms with E-state index in [1.165, 1.54) is 24.3 Å². The van der Waals surface area contributed by atoms with Crippen molar-refractivity contribution in [1.82, 2.24) is 0 Å². The monoisotopic (exact) mass is 416 g/mol. The van der Waals surface area contributed by atoms with E-state index in [0.29, 0.717) is 5.56 Å². The molecule has 26 heavy (non-hydrogen) atoms. The van der Waals surface area contributed by atoms with E-state index in [0.717, 1.165) is 24.3 Å². The van der Waals surface area contributed by atoms with E-state index in [4.69, 9.17) is 4.74 Å². The van der Waals surface area contributed by atoms with Gasteiger partial charge in [-0.25, -0.2) is 8.42 Å². The van der Waals surface area contributed by atoms with Gasteiger partial charge in [-0.2, -0.15) is 26.3 Å². The lowest BCUT2D eigenvalue weighted by atomic mass is 10.2. The predicted octanol–water partition coefficient (Wildman–Crippen LogP) is 5.17. The summed E-state index contributed by atoms with van der Waals surface area (Å²) in [5.41, 5.74) is -9.26. The van der Waals surface area contributed by atoms with Crippen LogP contribution in [-0.4, -0.2) is 19.4 Å². The van der Waals surface area contributed by atoms with Gasteiger partial charge in [-0.3, -0.25) is 0 Å². The van der Waals surface area contributed by atoms with Crippen LogP contribution >= 0.6 is 11.8 Å². The van der Waals surface area contributed by atoms with Crippen molar-refractivity contribution in [3.8, 4) is 5.75 Å². The minimum Gasteiger partial charge on any atom is -0.489 e. The average molecular weight is 416 g/mol. The average Bonchev–Trinajstić information content (AvgIpc) is 2.52. The van der Waals surface area contributed by atoms with Gasteiger partial charge in [0.1, 0.15) is 12.4 Å². The summed E-state index contributed by atoms with van der Waals surface area (Å²) < 4.78 is 102. The van der Waals surface area contributed by atoms with E-state index in [1.807, 2.05) is 0 Å². The normalized spacial score (nSPS) is 12.8. The third-order valence-corrected chi connectivity index (χ3v) is 5.24. The van der Waals surface area contributed by atoms with Crippen LogP contribution in [0, 0.1) is 0 Å². The summed E-state index contributed by atoms with van der Waals surface area (Å²) in [5.74, 6) is 0.111. The highest BCUT2D eigenvalue weighted by Gasteiger charge is 2.46. The quantitative estimate of drug-likeness (QED) is 0.498. The van der Waals surface area contributed by atoms with Gasteiger partial charge >= 0.3 is 11.0 Å². The van der Waals surface area contributed by atoms with E-state index < -0.39 is 25.7 Å². The highest BCUT2D eigenvalue weighted by Crippen LogP contribution is 2.36. The smallest absolute Gasteiger partial charge is 0.489 e. The maximum absolute atomic E-state index is 12.4. The molecule has 0 radical (unpaired) electrons. The van der Waals surface area contributed by atoms with Gasteiger partial charge in [0, 0.05) is 4.90 Å². The lowest BCUT2D eigenvalue weighted by Crippen LogP contribution is -2.23. The molecule has 0 fully saturated rings. The van der Waals surface area contributed by atoms with Gasteiger partial charge in [0.2, 0.25) is 0 Å². The topological polar surface area (TPSA) is 43.4 Å². The van der Waals surface area contributed by atoms with Crippen LogP contribution in [0.3, 0.4) is 0 Å². The number of rotatable bonds is 5. The molecule has 0 N–H and O–H groups in total. The first kappa shape index (κ1) is 20.4. The van der Waals surface area contributed by atoms with Gasteiger partial charge in [-0.15, -0.1) is 0 Å². The zero-order valence-corrected chi connectivity index (χ0v) is 14.3. The predicted molar refractivity (Wildman–Crippen MR) is 82.4 cm³/mol. The highest BCUT2D eigenvalue weighted by molar-refractivity contribution is 8.00. The van der Waals surface area contributed by atoms with Crippen LogP contribution in [-0.2, 0) is 16.4 Å². The molecule has 3 nitrogen and oxygen atoms in total. The van der Waals surface area contributed by atoms with Crippen molar-refractivity contribution in [1.29, 1.82) is 0 Å². The first-order chi connectivity index (χ1) is 11.9. The van der Waals surface area contributed by atoms with Crippen molar-refractivity contribution in [3.63, 3.8) is 0 Å². The molecule has 0 heterocycles. The number of thioether (sulfide) groups is 1. The Balaban J connectivity index is 2.00. The number of hydrogen-bond acceptors (Lipinski definition) is 4. The minimum atomic E-state index is -5.43. The van der Waals surface area contributed by atoms with Crippen molar-refractivity contribution in [3.05, 3.63) is 54.1 Å². The lowest BCUT2D eigenvalue weighted by molar-refractivity contribution is -0.0436. The van der Waals surface area contributed by atoms with Crippen LogP contribution in [0.4, 0.5) is 26.3 Å². The third-order valence-electron chi connectivity index (χ3n) is 3.00. The number of alkyl halides is 6. The Morgan fingerprint density at radius 1 is 0.846 bits per heavy atom. The Hall–Kier alpha value is -1.88. The van der Waals surface area contributed by atoms with Crippen LogP contribution in [0.25, 0.3) is 0 Å². The molecule has 0 bridgehead atoms. The van der Waals surface area contributed by atoms with E-state index in [-0.39, 0.29) is 29.0 Å². The van der Waals surface area contributed by atoms with Crippen molar-refractivity contribution >= 4 is 21.6 Å². The number of ether oxygens (including phenoxy) is 1. The van der Waals surface area contributed by atoms with Gasteiger partial charge in [-0.1, -0.05) is 12.1 Å². The zero-order chi connectivity index (χ0) is 19.6. The second-order valence-corrected chi connectivity index (χ2v) is 7.98. The fourth-order valence-corrected chi connectivity index (χ4v) is 3.10. The molecule has 0 atom stereocenters. The standard InChI is InChI=1S/C15H10F6O3S2/c16-14(17,18)25-12-5-1-10(2-6-12)9-24-11-3-7-13(8-4-11)26(22,23)15(19,20)21/h1-8H,9H2. The van der Waals surface area contributed by atoms with Crippen molar-refractivity contribution in [2.24, 2.45) is 0 Å². The maximum atomic E-state index is 12.4. The first-order valence-electron chi connectivity index (χ1n) is 6.77. The van der Waals surface area contributed by atoms with Gasteiger partial charge in [0.05, 0.1) is 4.90 Å². The second kappa shape index (κ2) is 7.39. The molecule has 0 saturated carbocycles. The van der Waals surface area contributed by atoms with Crippen molar-refractivity contribution in [2.75, 3.05) is 0 Å². The summed E-state index contributed by atoms with van der Waals surface area (Å²) in [6, 6.07) is 9.00. The second-order valence-electron chi connectivity index (χ2n) is 4.90. The van der Waals surface area contributed by atoms with Crippen LogP contribution in [0.2, 0.25) is 0 Å². The summed E-state index contributed by atoms with van der Waals surface area (Å²) in [4.78, 5) is -0.908. The molecule has 0 spiro atoms. The molecule has 0 aliphatic heterocycles. The summed E-state index contributed by atoms with van der Waals surface area (Å²) in [6.45, 7) is -0.0532. The fourth-order valence-electron chi connectivity index (χ4n) is 1.80. The fraction of sp³-hybridized carbons (Fsp3) is 0.200. The Bertz CT molecular complexity index is 841. The third kappa shape index (κ3) is 5.31. The molecule has 0 aromatic heterocycles. The summed E-state index contributed by atoms with van der Waals surface area (Å²) in [6.07, 6.45) is 0. The number of hydrogen-bond donors (Lipinski definition) is 0. The minimum absolute atomic E-state index is 0.00274. The zero-order valence-electron chi connectivity index (χ0n) is 12.6. The molecule has 0 aliphatic rings. The molecule has 11 heteroatoms. The van der Waals surface area contributed by atoms with Crippen molar-refractivity contribution in [2.45, 2.75) is 27.4 Å². The summed E-state index contributed by atoms with van der Waals surface area (Å²) in [5, 5.41) is 0. The summed E-state index contributed by atoms with van der Waals surface area (Å²) >= 11 is -0.260. The first-order valence-corrected chi connectivity index (χ1v) is 9.07. The van der Waals surface area contributed by atoms with Crippen LogP contribution in [0.5, 0.6) is 5.75 Å². The largest absolute Gasteiger partial charge is 0.501 e. The SMILES string of the molecule is O=S(=O)(c1ccc(OCc2ccc(SC(F)(F)F)cc2)cc1)C(F)(F)F.